The number of esters is 1. The summed E-state index contributed by atoms with van der Waals surface area (Å²) in [5, 5.41) is 23.1. The molecular formula is C50H95NO5. The van der Waals surface area contributed by atoms with Crippen molar-refractivity contribution in [1.29, 1.82) is 0 Å². The summed E-state index contributed by atoms with van der Waals surface area (Å²) in [6, 6.07) is -0.555. The summed E-state index contributed by atoms with van der Waals surface area (Å²) in [4.78, 5) is 24.4. The van der Waals surface area contributed by atoms with E-state index in [9.17, 15) is 19.8 Å². The molecular weight excluding hydrogens is 695 g/mol. The molecule has 2 unspecified atom stereocenters. The number of unbranched alkanes of at least 4 members (excludes halogenated alkanes) is 31. The fourth-order valence-corrected chi connectivity index (χ4v) is 7.45. The van der Waals surface area contributed by atoms with E-state index in [1.807, 2.05) is 0 Å². The van der Waals surface area contributed by atoms with Crippen LogP contribution in [0.1, 0.15) is 258 Å². The second kappa shape index (κ2) is 46.0. The van der Waals surface area contributed by atoms with E-state index in [1.54, 1.807) is 0 Å². The average molecular weight is 790 g/mol. The molecule has 0 spiro atoms. The zero-order valence-electron chi connectivity index (χ0n) is 37.4. The van der Waals surface area contributed by atoms with Gasteiger partial charge < -0.3 is 20.3 Å². The Morgan fingerprint density at radius 2 is 0.875 bits per heavy atom. The van der Waals surface area contributed by atoms with Crippen molar-refractivity contribution in [3.8, 4) is 0 Å². The Morgan fingerprint density at radius 1 is 0.500 bits per heavy atom. The van der Waals surface area contributed by atoms with Crippen LogP contribution >= 0.6 is 0 Å². The molecule has 1 amide bonds. The first-order valence-corrected chi connectivity index (χ1v) is 24.6. The van der Waals surface area contributed by atoms with Gasteiger partial charge in [-0.3, -0.25) is 9.59 Å². The Labute approximate surface area is 348 Å². The number of rotatable bonds is 45. The maximum atomic E-state index is 12.4. The lowest BCUT2D eigenvalue weighted by Crippen LogP contribution is -2.45. The van der Waals surface area contributed by atoms with Gasteiger partial charge in [0, 0.05) is 12.8 Å². The van der Waals surface area contributed by atoms with Gasteiger partial charge in [0.25, 0.3) is 0 Å². The van der Waals surface area contributed by atoms with Crippen LogP contribution in [0.15, 0.2) is 24.3 Å². The van der Waals surface area contributed by atoms with E-state index in [0.717, 1.165) is 77.0 Å². The molecule has 0 saturated heterocycles. The SMILES string of the molecule is CCCCCCCCCCCCCCCCC(=O)OCCCCC/C=C\C=C/CCCCCCCCC(=O)NC(CO)C(O)CCCCCCCCCCCC. The molecule has 0 radical (unpaired) electrons. The summed E-state index contributed by atoms with van der Waals surface area (Å²) in [5.41, 5.74) is 0. The summed E-state index contributed by atoms with van der Waals surface area (Å²) in [6.07, 6.45) is 52.9. The Hall–Kier alpha value is -1.66. The number of aliphatic hydroxyl groups excluding tert-OH is 2. The molecule has 0 rings (SSSR count). The summed E-state index contributed by atoms with van der Waals surface area (Å²) in [6.45, 7) is 4.88. The number of aliphatic hydroxyl groups is 2. The zero-order chi connectivity index (χ0) is 40.8. The Bertz CT molecular complexity index is 874. The first-order chi connectivity index (χ1) is 27.5. The van der Waals surface area contributed by atoms with Crippen LogP contribution in [-0.4, -0.2) is 47.4 Å². The van der Waals surface area contributed by atoms with Crippen LogP contribution in [0.2, 0.25) is 0 Å². The lowest BCUT2D eigenvalue weighted by Gasteiger charge is -2.22. The van der Waals surface area contributed by atoms with Gasteiger partial charge in [0.05, 0.1) is 25.4 Å². The first kappa shape index (κ1) is 54.3. The number of allylic oxidation sites excluding steroid dienone is 4. The predicted octanol–water partition coefficient (Wildman–Crippen LogP) is 14.3. The van der Waals surface area contributed by atoms with Gasteiger partial charge in [0.2, 0.25) is 5.91 Å². The number of ether oxygens (including phenoxy) is 1. The van der Waals surface area contributed by atoms with E-state index in [1.165, 1.54) is 148 Å². The molecule has 56 heavy (non-hydrogen) atoms. The number of hydrogen-bond donors (Lipinski definition) is 3. The normalized spacial score (nSPS) is 12.9. The quantitative estimate of drug-likeness (QED) is 0.0324. The molecule has 0 heterocycles. The number of nitrogens with one attached hydrogen (secondary N) is 1. The monoisotopic (exact) mass is 790 g/mol. The molecule has 0 aromatic rings. The van der Waals surface area contributed by atoms with Gasteiger partial charge >= 0.3 is 5.97 Å². The van der Waals surface area contributed by atoms with Gasteiger partial charge in [-0.1, -0.05) is 212 Å². The van der Waals surface area contributed by atoms with E-state index in [0.29, 0.717) is 25.9 Å². The second-order valence-corrected chi connectivity index (χ2v) is 16.8. The van der Waals surface area contributed by atoms with E-state index in [-0.39, 0.29) is 18.5 Å². The number of hydrogen-bond acceptors (Lipinski definition) is 5. The average Bonchev–Trinajstić information content (AvgIpc) is 3.20. The molecule has 6 heteroatoms. The van der Waals surface area contributed by atoms with Crippen LogP contribution in [0.25, 0.3) is 0 Å². The minimum atomic E-state index is -0.676. The van der Waals surface area contributed by atoms with Crippen molar-refractivity contribution in [2.75, 3.05) is 13.2 Å². The lowest BCUT2D eigenvalue weighted by atomic mass is 10.0. The van der Waals surface area contributed by atoms with Crippen molar-refractivity contribution in [1.82, 2.24) is 5.32 Å². The molecule has 0 fully saturated rings. The number of carbonyl (C=O) groups is 2. The second-order valence-electron chi connectivity index (χ2n) is 16.8. The summed E-state index contributed by atoms with van der Waals surface area (Å²) >= 11 is 0. The highest BCUT2D eigenvalue weighted by Crippen LogP contribution is 2.16. The van der Waals surface area contributed by atoms with Gasteiger partial charge in [0.15, 0.2) is 0 Å². The van der Waals surface area contributed by atoms with Crippen molar-refractivity contribution in [3.05, 3.63) is 24.3 Å². The lowest BCUT2D eigenvalue weighted by molar-refractivity contribution is -0.143. The van der Waals surface area contributed by atoms with Crippen LogP contribution < -0.4 is 5.32 Å². The zero-order valence-corrected chi connectivity index (χ0v) is 37.4. The molecule has 0 aliphatic rings. The highest BCUT2D eigenvalue weighted by Gasteiger charge is 2.20. The molecule has 3 N–H and O–H groups in total. The molecule has 0 aromatic carbocycles. The van der Waals surface area contributed by atoms with Crippen molar-refractivity contribution < 1.29 is 24.5 Å². The predicted molar refractivity (Wildman–Crippen MR) is 241 cm³/mol. The fraction of sp³-hybridized carbons (Fsp3) is 0.880. The van der Waals surface area contributed by atoms with Crippen molar-refractivity contribution >= 4 is 11.9 Å². The molecule has 2 atom stereocenters. The van der Waals surface area contributed by atoms with Crippen LogP contribution in [0, 0.1) is 0 Å². The maximum Gasteiger partial charge on any atom is 0.305 e. The Kier molecular flexibility index (Phi) is 44.7. The summed E-state index contributed by atoms with van der Waals surface area (Å²) in [5.74, 6) is -0.0796. The van der Waals surface area contributed by atoms with Crippen molar-refractivity contribution in [2.24, 2.45) is 0 Å². The highest BCUT2D eigenvalue weighted by molar-refractivity contribution is 5.76. The Balaban J connectivity index is 3.50. The third kappa shape index (κ3) is 42.0. The van der Waals surface area contributed by atoms with E-state index < -0.39 is 12.1 Å². The Morgan fingerprint density at radius 3 is 1.32 bits per heavy atom. The highest BCUT2D eigenvalue weighted by atomic mass is 16.5. The number of amides is 1. The van der Waals surface area contributed by atoms with Gasteiger partial charge in [-0.25, -0.2) is 0 Å². The minimum Gasteiger partial charge on any atom is -0.466 e. The third-order valence-electron chi connectivity index (χ3n) is 11.3. The van der Waals surface area contributed by atoms with Gasteiger partial charge in [-0.15, -0.1) is 0 Å². The first-order valence-electron chi connectivity index (χ1n) is 24.6. The molecule has 0 saturated carbocycles. The summed E-state index contributed by atoms with van der Waals surface area (Å²) in [7, 11) is 0. The molecule has 0 aromatic heterocycles. The third-order valence-corrected chi connectivity index (χ3v) is 11.3. The van der Waals surface area contributed by atoms with Crippen LogP contribution in [-0.2, 0) is 14.3 Å². The van der Waals surface area contributed by atoms with Crippen LogP contribution in [0.5, 0.6) is 0 Å². The molecule has 0 aliphatic heterocycles. The van der Waals surface area contributed by atoms with Crippen LogP contribution in [0.4, 0.5) is 0 Å². The van der Waals surface area contributed by atoms with E-state index in [2.05, 4.69) is 43.5 Å². The topological polar surface area (TPSA) is 95.9 Å². The largest absolute Gasteiger partial charge is 0.466 e. The summed E-state index contributed by atoms with van der Waals surface area (Å²) < 4.78 is 5.44. The molecule has 0 aliphatic carbocycles. The minimum absolute atomic E-state index is 0.0200. The molecule has 0 bridgehead atoms. The smallest absolute Gasteiger partial charge is 0.305 e. The van der Waals surface area contributed by atoms with E-state index >= 15 is 0 Å². The standard InChI is InChI=1S/C50H95NO5/c1-3-5-7-9-11-13-15-16-21-24-28-32-36-40-44-50(55)56-45-41-37-33-29-25-22-19-17-18-20-23-27-31-35-39-43-49(54)51-47(46-52)48(53)42-38-34-30-26-14-12-10-8-6-4-2/h17,19,22,25,47-48,52-53H,3-16,18,20-21,23-24,26-46H2,1-2H3,(H,51,54)/b19-17-,25-22-. The van der Waals surface area contributed by atoms with Crippen LogP contribution in [0.3, 0.4) is 0 Å². The maximum absolute atomic E-state index is 12.4. The van der Waals surface area contributed by atoms with Gasteiger partial charge in [-0.2, -0.15) is 0 Å². The van der Waals surface area contributed by atoms with Gasteiger partial charge in [-0.05, 0) is 57.8 Å². The van der Waals surface area contributed by atoms with Crippen molar-refractivity contribution in [2.45, 2.75) is 270 Å². The fourth-order valence-electron chi connectivity index (χ4n) is 7.45. The molecule has 330 valence electrons. The number of carbonyl (C=O) groups excluding carboxylic acids is 2. The van der Waals surface area contributed by atoms with Gasteiger partial charge in [0.1, 0.15) is 0 Å². The van der Waals surface area contributed by atoms with E-state index in [4.69, 9.17) is 4.74 Å². The van der Waals surface area contributed by atoms with Crippen molar-refractivity contribution in [3.63, 3.8) is 0 Å². The molecule has 6 nitrogen and oxygen atoms in total.